The monoisotopic (exact) mass is 227 g/mol. The lowest BCUT2D eigenvalue weighted by atomic mass is 10.1. The van der Waals surface area contributed by atoms with E-state index in [1.54, 1.807) is 25.4 Å². The second-order valence-corrected chi connectivity index (χ2v) is 3.52. The van der Waals surface area contributed by atoms with Crippen LogP contribution in [0.1, 0.15) is 5.56 Å². The molecule has 3 nitrogen and oxygen atoms in total. The maximum absolute atomic E-state index is 13.3. The number of anilines is 1. The maximum atomic E-state index is 13.3. The first-order chi connectivity index (χ1) is 8.22. The minimum absolute atomic E-state index is 0.289. The fraction of sp³-hybridized carbons (Fsp3) is 0.0769. The Morgan fingerprint density at radius 2 is 2.12 bits per heavy atom. The van der Waals surface area contributed by atoms with E-state index in [4.69, 9.17) is 5.26 Å². The second kappa shape index (κ2) is 4.62. The third-order valence-electron chi connectivity index (χ3n) is 2.37. The molecular formula is C13H10FN3. The van der Waals surface area contributed by atoms with Gasteiger partial charge in [0.05, 0.1) is 17.3 Å². The molecule has 17 heavy (non-hydrogen) atoms. The molecule has 0 fully saturated rings. The van der Waals surface area contributed by atoms with Crippen molar-refractivity contribution in [2.75, 3.05) is 12.4 Å². The number of benzene rings is 1. The summed E-state index contributed by atoms with van der Waals surface area (Å²) in [5.41, 5.74) is 2.40. The summed E-state index contributed by atoms with van der Waals surface area (Å²) in [4.78, 5) is 4.16. The largest absolute Gasteiger partial charge is 0.388 e. The molecule has 1 heterocycles. The molecule has 0 bridgehead atoms. The molecule has 0 saturated carbocycles. The second-order valence-electron chi connectivity index (χ2n) is 3.52. The Kier molecular flexibility index (Phi) is 3.01. The van der Waals surface area contributed by atoms with Gasteiger partial charge in [-0.15, -0.1) is 0 Å². The molecule has 2 aromatic rings. The molecule has 1 aromatic heterocycles. The zero-order valence-electron chi connectivity index (χ0n) is 9.24. The van der Waals surface area contributed by atoms with Crippen LogP contribution in [0.15, 0.2) is 36.5 Å². The van der Waals surface area contributed by atoms with Gasteiger partial charge in [-0.3, -0.25) is 4.98 Å². The average Bonchev–Trinajstić information content (AvgIpc) is 2.38. The van der Waals surface area contributed by atoms with Crippen LogP contribution in [0.3, 0.4) is 0 Å². The summed E-state index contributed by atoms with van der Waals surface area (Å²) in [5.74, 6) is -0.435. The lowest BCUT2D eigenvalue weighted by molar-refractivity contribution is 0.628. The zero-order valence-corrected chi connectivity index (χ0v) is 9.24. The van der Waals surface area contributed by atoms with Crippen molar-refractivity contribution in [3.05, 3.63) is 47.9 Å². The summed E-state index contributed by atoms with van der Waals surface area (Å²) < 4.78 is 13.3. The molecule has 0 aliphatic carbocycles. The van der Waals surface area contributed by atoms with Crippen LogP contribution in [-0.2, 0) is 0 Å². The topological polar surface area (TPSA) is 48.7 Å². The molecular weight excluding hydrogens is 217 g/mol. The lowest BCUT2D eigenvalue weighted by Crippen LogP contribution is -1.91. The van der Waals surface area contributed by atoms with E-state index in [0.29, 0.717) is 11.3 Å². The van der Waals surface area contributed by atoms with Gasteiger partial charge in [0.2, 0.25) is 0 Å². The summed E-state index contributed by atoms with van der Waals surface area (Å²) in [6.07, 6.45) is 1.64. The van der Waals surface area contributed by atoms with Gasteiger partial charge in [0.1, 0.15) is 5.82 Å². The van der Waals surface area contributed by atoms with Crippen molar-refractivity contribution < 1.29 is 4.39 Å². The highest BCUT2D eigenvalue weighted by molar-refractivity contribution is 5.65. The Morgan fingerprint density at radius 1 is 1.29 bits per heavy atom. The van der Waals surface area contributed by atoms with Gasteiger partial charge in [0.15, 0.2) is 0 Å². The van der Waals surface area contributed by atoms with Crippen molar-refractivity contribution in [1.82, 2.24) is 4.98 Å². The number of nitrogens with zero attached hydrogens (tertiary/aromatic N) is 2. The minimum Gasteiger partial charge on any atom is -0.388 e. The van der Waals surface area contributed by atoms with E-state index >= 15 is 0 Å². The van der Waals surface area contributed by atoms with E-state index in [9.17, 15) is 4.39 Å². The Balaban J connectivity index is 2.52. The standard InChI is InChI=1S/C13H10FN3/c1-16-12-2-3-17-13(7-12)10-4-9(8-15)5-11(14)6-10/h2-7H,1H3,(H,16,17). The van der Waals surface area contributed by atoms with Crippen LogP contribution >= 0.6 is 0 Å². The summed E-state index contributed by atoms with van der Waals surface area (Å²) in [6.45, 7) is 0. The number of nitriles is 1. The normalized spacial score (nSPS) is 9.71. The summed E-state index contributed by atoms with van der Waals surface area (Å²) >= 11 is 0. The molecule has 0 radical (unpaired) electrons. The van der Waals surface area contributed by atoms with Gasteiger partial charge < -0.3 is 5.32 Å². The number of pyridine rings is 1. The van der Waals surface area contributed by atoms with Crippen molar-refractivity contribution in [2.24, 2.45) is 0 Å². The fourth-order valence-corrected chi connectivity index (χ4v) is 1.55. The minimum atomic E-state index is -0.435. The first kappa shape index (κ1) is 11.1. The smallest absolute Gasteiger partial charge is 0.125 e. The molecule has 0 atom stereocenters. The third-order valence-corrected chi connectivity index (χ3v) is 2.37. The molecule has 0 amide bonds. The van der Waals surface area contributed by atoms with Gasteiger partial charge in [0.25, 0.3) is 0 Å². The number of nitrogens with one attached hydrogen (secondary N) is 1. The highest BCUT2D eigenvalue weighted by Gasteiger charge is 2.04. The van der Waals surface area contributed by atoms with Gasteiger partial charge in [-0.1, -0.05) is 0 Å². The molecule has 0 spiro atoms. The van der Waals surface area contributed by atoms with E-state index in [-0.39, 0.29) is 5.56 Å². The van der Waals surface area contributed by atoms with Crippen LogP contribution < -0.4 is 5.32 Å². The number of hydrogen-bond acceptors (Lipinski definition) is 3. The predicted molar refractivity (Wildman–Crippen MR) is 63.9 cm³/mol. The van der Waals surface area contributed by atoms with Gasteiger partial charge in [-0.05, 0) is 30.3 Å². The van der Waals surface area contributed by atoms with Crippen LogP contribution in [0.5, 0.6) is 0 Å². The van der Waals surface area contributed by atoms with Crippen molar-refractivity contribution in [3.8, 4) is 17.3 Å². The quantitative estimate of drug-likeness (QED) is 0.858. The van der Waals surface area contributed by atoms with Crippen molar-refractivity contribution >= 4 is 5.69 Å². The van der Waals surface area contributed by atoms with E-state index in [2.05, 4.69) is 10.3 Å². The van der Waals surface area contributed by atoms with Crippen LogP contribution in [0.2, 0.25) is 0 Å². The Morgan fingerprint density at radius 3 is 2.82 bits per heavy atom. The van der Waals surface area contributed by atoms with E-state index < -0.39 is 5.82 Å². The molecule has 4 heteroatoms. The van der Waals surface area contributed by atoms with E-state index in [1.807, 2.05) is 12.1 Å². The Bertz CT molecular complexity index is 587. The summed E-state index contributed by atoms with van der Waals surface area (Å²) in [5, 5.41) is 11.8. The van der Waals surface area contributed by atoms with Crippen LogP contribution in [-0.4, -0.2) is 12.0 Å². The maximum Gasteiger partial charge on any atom is 0.125 e. The van der Waals surface area contributed by atoms with Crippen molar-refractivity contribution in [2.45, 2.75) is 0 Å². The Labute approximate surface area is 98.5 Å². The first-order valence-electron chi connectivity index (χ1n) is 5.08. The number of aromatic nitrogens is 1. The van der Waals surface area contributed by atoms with Gasteiger partial charge in [0, 0.05) is 24.5 Å². The van der Waals surface area contributed by atoms with Crippen molar-refractivity contribution in [1.29, 1.82) is 5.26 Å². The van der Waals surface area contributed by atoms with Gasteiger partial charge >= 0.3 is 0 Å². The van der Waals surface area contributed by atoms with E-state index in [0.717, 1.165) is 5.69 Å². The summed E-state index contributed by atoms with van der Waals surface area (Å²) in [6, 6.07) is 9.72. The molecule has 0 unspecified atom stereocenters. The molecule has 0 aliphatic heterocycles. The number of halogens is 1. The SMILES string of the molecule is CNc1ccnc(-c2cc(F)cc(C#N)c2)c1. The van der Waals surface area contributed by atoms with Crippen LogP contribution in [0.25, 0.3) is 11.3 Å². The molecule has 2 rings (SSSR count). The van der Waals surface area contributed by atoms with Gasteiger partial charge in [-0.2, -0.15) is 5.26 Å². The molecule has 1 aromatic carbocycles. The molecule has 84 valence electrons. The van der Waals surface area contributed by atoms with Crippen molar-refractivity contribution in [3.63, 3.8) is 0 Å². The Hall–Kier alpha value is -2.41. The highest BCUT2D eigenvalue weighted by Crippen LogP contribution is 2.22. The highest BCUT2D eigenvalue weighted by atomic mass is 19.1. The van der Waals surface area contributed by atoms with Crippen LogP contribution in [0, 0.1) is 17.1 Å². The fourth-order valence-electron chi connectivity index (χ4n) is 1.55. The zero-order chi connectivity index (χ0) is 12.3. The van der Waals surface area contributed by atoms with Gasteiger partial charge in [-0.25, -0.2) is 4.39 Å². The third kappa shape index (κ3) is 2.40. The van der Waals surface area contributed by atoms with E-state index in [1.165, 1.54) is 12.1 Å². The lowest BCUT2D eigenvalue weighted by Gasteiger charge is -2.04. The van der Waals surface area contributed by atoms with Crippen LogP contribution in [0.4, 0.5) is 10.1 Å². The summed E-state index contributed by atoms with van der Waals surface area (Å²) in [7, 11) is 1.80. The molecule has 1 N–H and O–H groups in total. The predicted octanol–water partition coefficient (Wildman–Crippen LogP) is 2.80. The average molecular weight is 227 g/mol. The number of rotatable bonds is 2. The number of hydrogen-bond donors (Lipinski definition) is 1. The molecule has 0 aliphatic rings. The first-order valence-corrected chi connectivity index (χ1v) is 5.08. The molecule has 0 saturated heterocycles.